The molecule has 0 spiro atoms. The van der Waals surface area contributed by atoms with E-state index in [-0.39, 0.29) is 5.91 Å². The van der Waals surface area contributed by atoms with Crippen LogP contribution >= 0.6 is 34.3 Å². The second-order valence-corrected chi connectivity index (χ2v) is 7.92. The van der Waals surface area contributed by atoms with E-state index in [1.54, 1.807) is 11.3 Å². The molecule has 1 aliphatic carbocycles. The summed E-state index contributed by atoms with van der Waals surface area (Å²) in [6, 6.07) is 10.00. The van der Waals surface area contributed by atoms with E-state index in [9.17, 15) is 4.79 Å². The van der Waals surface area contributed by atoms with Gasteiger partial charge in [-0.05, 0) is 47.4 Å². The van der Waals surface area contributed by atoms with Crippen molar-refractivity contribution in [2.24, 2.45) is 0 Å². The topological polar surface area (TPSA) is 33.2 Å². The number of rotatable bonds is 5. The molecule has 24 heavy (non-hydrogen) atoms. The Kier molecular flexibility index (Phi) is 4.39. The summed E-state index contributed by atoms with van der Waals surface area (Å²) in [6.45, 7) is 0.664. The summed E-state index contributed by atoms with van der Waals surface area (Å²) in [4.78, 5) is 19.4. The van der Waals surface area contributed by atoms with Crippen molar-refractivity contribution >= 4 is 40.2 Å². The zero-order valence-electron chi connectivity index (χ0n) is 12.8. The predicted octanol–water partition coefficient (Wildman–Crippen LogP) is 5.33. The smallest absolute Gasteiger partial charge is 0.273 e. The van der Waals surface area contributed by atoms with Crippen LogP contribution in [0.2, 0.25) is 5.02 Å². The van der Waals surface area contributed by atoms with Crippen LogP contribution in [0.3, 0.4) is 0 Å². The van der Waals surface area contributed by atoms with Gasteiger partial charge in [-0.2, -0.15) is 11.3 Å². The van der Waals surface area contributed by atoms with E-state index >= 15 is 0 Å². The first-order valence-electron chi connectivity index (χ1n) is 7.74. The maximum absolute atomic E-state index is 12.9. The molecule has 0 N–H and O–H groups in total. The molecule has 4 rings (SSSR count). The summed E-state index contributed by atoms with van der Waals surface area (Å²) in [5, 5.41) is 7.49. The normalized spacial score (nSPS) is 13.9. The lowest BCUT2D eigenvalue weighted by Gasteiger charge is -2.20. The summed E-state index contributed by atoms with van der Waals surface area (Å²) >= 11 is 9.19. The van der Waals surface area contributed by atoms with Gasteiger partial charge >= 0.3 is 0 Å². The lowest BCUT2D eigenvalue weighted by atomic mass is 10.2. The summed E-state index contributed by atoms with van der Waals surface area (Å²) in [7, 11) is 0. The van der Waals surface area contributed by atoms with Crippen molar-refractivity contribution in [3.63, 3.8) is 0 Å². The van der Waals surface area contributed by atoms with Crippen LogP contribution in [0, 0.1) is 0 Å². The van der Waals surface area contributed by atoms with Crippen molar-refractivity contribution in [3.05, 3.63) is 62.8 Å². The molecule has 0 saturated heterocycles. The molecule has 6 heteroatoms. The molecule has 0 bridgehead atoms. The number of hydrogen-bond donors (Lipinski definition) is 0. The van der Waals surface area contributed by atoms with Gasteiger partial charge in [-0.1, -0.05) is 23.7 Å². The third-order valence-electron chi connectivity index (χ3n) is 3.98. The fraction of sp³-hybridized carbons (Fsp3) is 0.222. The van der Waals surface area contributed by atoms with Gasteiger partial charge < -0.3 is 4.90 Å². The lowest BCUT2D eigenvalue weighted by molar-refractivity contribution is 0.0725. The van der Waals surface area contributed by atoms with Crippen molar-refractivity contribution in [1.82, 2.24) is 9.88 Å². The van der Waals surface area contributed by atoms with Gasteiger partial charge in [0, 0.05) is 28.6 Å². The number of hydrogen-bond acceptors (Lipinski definition) is 4. The molecule has 1 saturated carbocycles. The Bertz CT molecular complexity index is 856. The molecule has 2 aromatic heterocycles. The Morgan fingerprint density at radius 2 is 2.17 bits per heavy atom. The Labute approximate surface area is 153 Å². The van der Waals surface area contributed by atoms with E-state index in [1.807, 2.05) is 39.9 Å². The zero-order chi connectivity index (χ0) is 16.5. The Morgan fingerprint density at radius 3 is 2.88 bits per heavy atom. The maximum atomic E-state index is 12.9. The van der Waals surface area contributed by atoms with Gasteiger partial charge in [0.15, 0.2) is 0 Å². The van der Waals surface area contributed by atoms with Crippen LogP contribution in [0.15, 0.2) is 46.5 Å². The highest BCUT2D eigenvalue weighted by Crippen LogP contribution is 2.32. The standard InChI is InChI=1S/C18H15ClN2OS2/c19-14-3-1-2-13(8-14)17-20-16(11-24-17)18(22)21(15-4-5-15)9-12-6-7-23-10-12/h1-3,6-8,10-11,15H,4-5,9H2. The van der Waals surface area contributed by atoms with Crippen LogP contribution in [0.25, 0.3) is 10.6 Å². The number of amides is 1. The molecular weight excluding hydrogens is 360 g/mol. The van der Waals surface area contributed by atoms with Crippen molar-refractivity contribution in [2.75, 3.05) is 0 Å². The molecule has 0 atom stereocenters. The zero-order valence-corrected chi connectivity index (χ0v) is 15.2. The summed E-state index contributed by atoms with van der Waals surface area (Å²) in [6.07, 6.45) is 2.17. The third kappa shape index (κ3) is 3.38. The number of thiophene rings is 1. The fourth-order valence-electron chi connectivity index (χ4n) is 2.61. The van der Waals surface area contributed by atoms with Crippen molar-refractivity contribution < 1.29 is 4.79 Å². The minimum atomic E-state index is 0.0215. The summed E-state index contributed by atoms with van der Waals surface area (Å²) in [5.41, 5.74) is 2.66. The Balaban J connectivity index is 1.57. The summed E-state index contributed by atoms with van der Waals surface area (Å²) in [5.74, 6) is 0.0215. The summed E-state index contributed by atoms with van der Waals surface area (Å²) < 4.78 is 0. The molecule has 0 unspecified atom stereocenters. The van der Waals surface area contributed by atoms with Crippen molar-refractivity contribution in [1.29, 1.82) is 0 Å². The highest BCUT2D eigenvalue weighted by Gasteiger charge is 2.34. The first-order chi connectivity index (χ1) is 11.7. The third-order valence-corrected chi connectivity index (χ3v) is 5.83. The van der Waals surface area contributed by atoms with E-state index in [0.29, 0.717) is 23.3 Å². The van der Waals surface area contributed by atoms with E-state index in [4.69, 9.17) is 11.6 Å². The van der Waals surface area contributed by atoms with Gasteiger partial charge in [-0.25, -0.2) is 4.98 Å². The SMILES string of the molecule is O=C(c1csc(-c2cccc(Cl)c2)n1)N(Cc1ccsc1)C1CC1. The molecule has 122 valence electrons. The van der Waals surface area contributed by atoms with E-state index in [2.05, 4.69) is 16.4 Å². The average Bonchev–Trinajstić information content (AvgIpc) is 3.10. The molecule has 2 heterocycles. The minimum absolute atomic E-state index is 0.0215. The number of carbonyl (C=O) groups excluding carboxylic acids is 1. The number of nitrogens with zero attached hydrogens (tertiary/aromatic N) is 2. The molecular formula is C18H15ClN2OS2. The largest absolute Gasteiger partial charge is 0.330 e. The Morgan fingerprint density at radius 1 is 1.29 bits per heavy atom. The van der Waals surface area contributed by atoms with Crippen LogP contribution in [0.4, 0.5) is 0 Å². The highest BCUT2D eigenvalue weighted by molar-refractivity contribution is 7.13. The quantitative estimate of drug-likeness (QED) is 0.604. The highest BCUT2D eigenvalue weighted by atomic mass is 35.5. The Hall–Kier alpha value is -1.69. The lowest BCUT2D eigenvalue weighted by Crippen LogP contribution is -2.32. The molecule has 1 aliphatic rings. The first-order valence-corrected chi connectivity index (χ1v) is 9.94. The first kappa shape index (κ1) is 15.8. The second-order valence-electron chi connectivity index (χ2n) is 5.84. The van der Waals surface area contributed by atoms with Gasteiger partial charge in [0.25, 0.3) is 5.91 Å². The van der Waals surface area contributed by atoms with E-state index in [0.717, 1.165) is 23.4 Å². The second kappa shape index (κ2) is 6.67. The van der Waals surface area contributed by atoms with Crippen molar-refractivity contribution in [2.45, 2.75) is 25.4 Å². The molecule has 1 fully saturated rings. The van der Waals surface area contributed by atoms with Gasteiger partial charge in [-0.15, -0.1) is 11.3 Å². The molecule has 0 radical (unpaired) electrons. The van der Waals surface area contributed by atoms with Crippen LogP contribution in [0.5, 0.6) is 0 Å². The number of carbonyl (C=O) groups is 1. The molecule has 1 amide bonds. The van der Waals surface area contributed by atoms with Crippen molar-refractivity contribution in [3.8, 4) is 10.6 Å². The van der Waals surface area contributed by atoms with Gasteiger partial charge in [-0.3, -0.25) is 4.79 Å². The average molecular weight is 375 g/mol. The predicted molar refractivity (Wildman–Crippen MR) is 99.8 cm³/mol. The number of benzene rings is 1. The van der Waals surface area contributed by atoms with Crippen LogP contribution in [0.1, 0.15) is 28.9 Å². The number of thiazole rings is 1. The molecule has 0 aliphatic heterocycles. The van der Waals surface area contributed by atoms with E-state index < -0.39 is 0 Å². The molecule has 1 aromatic carbocycles. The number of halogens is 1. The van der Waals surface area contributed by atoms with Gasteiger partial charge in [0.2, 0.25) is 0 Å². The van der Waals surface area contributed by atoms with Crippen LogP contribution < -0.4 is 0 Å². The van der Waals surface area contributed by atoms with Gasteiger partial charge in [0.05, 0.1) is 0 Å². The fourth-order valence-corrected chi connectivity index (χ4v) is 4.25. The minimum Gasteiger partial charge on any atom is -0.330 e. The van der Waals surface area contributed by atoms with E-state index in [1.165, 1.54) is 16.9 Å². The van der Waals surface area contributed by atoms with Crippen LogP contribution in [-0.4, -0.2) is 21.8 Å². The molecule has 3 aromatic rings. The van der Waals surface area contributed by atoms with Gasteiger partial charge in [0.1, 0.15) is 10.7 Å². The maximum Gasteiger partial charge on any atom is 0.273 e. The van der Waals surface area contributed by atoms with Crippen LogP contribution in [-0.2, 0) is 6.54 Å². The monoisotopic (exact) mass is 374 g/mol. The molecule has 3 nitrogen and oxygen atoms in total. The number of aromatic nitrogens is 1.